The van der Waals surface area contributed by atoms with Crippen LogP contribution in [0.2, 0.25) is 5.02 Å². The Morgan fingerprint density at radius 2 is 2.08 bits per heavy atom. The molecule has 0 saturated carbocycles. The number of aromatic nitrogens is 2. The summed E-state index contributed by atoms with van der Waals surface area (Å²) in [5.41, 5.74) is 0.893. The zero-order valence-electron chi connectivity index (χ0n) is 6.66. The van der Waals surface area contributed by atoms with Crippen molar-refractivity contribution in [3.05, 3.63) is 35.5 Å². The highest BCUT2D eigenvalue weighted by molar-refractivity contribution is 7.80. The molecule has 0 bridgehead atoms. The van der Waals surface area contributed by atoms with E-state index in [1.54, 1.807) is 6.20 Å². The van der Waals surface area contributed by atoms with Crippen molar-refractivity contribution in [3.63, 3.8) is 0 Å². The quantitative estimate of drug-likeness (QED) is 0.696. The highest BCUT2D eigenvalue weighted by Crippen LogP contribution is 2.25. The van der Waals surface area contributed by atoms with E-state index in [9.17, 15) is 0 Å². The van der Waals surface area contributed by atoms with Crippen molar-refractivity contribution in [2.45, 2.75) is 5.03 Å². The van der Waals surface area contributed by atoms with Crippen molar-refractivity contribution in [1.82, 2.24) is 9.97 Å². The SMILES string of the molecule is Sc1cnc(-c2ccccc2Cl)[nH]1. The number of thiol groups is 1. The Morgan fingerprint density at radius 3 is 2.69 bits per heavy atom. The molecule has 13 heavy (non-hydrogen) atoms. The molecule has 1 N–H and O–H groups in total. The van der Waals surface area contributed by atoms with Gasteiger partial charge in [-0.25, -0.2) is 4.98 Å². The molecule has 0 spiro atoms. The third-order valence-corrected chi connectivity index (χ3v) is 2.25. The number of halogens is 1. The van der Waals surface area contributed by atoms with Crippen molar-refractivity contribution in [2.75, 3.05) is 0 Å². The molecule has 2 nitrogen and oxygen atoms in total. The van der Waals surface area contributed by atoms with Gasteiger partial charge in [-0.05, 0) is 12.1 Å². The van der Waals surface area contributed by atoms with Crippen molar-refractivity contribution in [2.24, 2.45) is 0 Å². The van der Waals surface area contributed by atoms with Crippen LogP contribution in [0.3, 0.4) is 0 Å². The van der Waals surface area contributed by atoms with Crippen LogP contribution in [-0.4, -0.2) is 9.97 Å². The molecule has 0 aliphatic heterocycles. The highest BCUT2D eigenvalue weighted by atomic mass is 35.5. The topological polar surface area (TPSA) is 28.7 Å². The Labute approximate surface area is 86.4 Å². The lowest BCUT2D eigenvalue weighted by molar-refractivity contribution is 1.21. The van der Waals surface area contributed by atoms with E-state index in [2.05, 4.69) is 22.6 Å². The third kappa shape index (κ3) is 1.71. The third-order valence-electron chi connectivity index (χ3n) is 1.69. The summed E-state index contributed by atoms with van der Waals surface area (Å²) in [6, 6.07) is 7.55. The number of H-pyrrole nitrogens is 1. The maximum atomic E-state index is 5.98. The van der Waals surface area contributed by atoms with Gasteiger partial charge in [0.15, 0.2) is 0 Å². The lowest BCUT2D eigenvalue weighted by Crippen LogP contribution is -1.80. The van der Waals surface area contributed by atoms with Crippen molar-refractivity contribution < 1.29 is 0 Å². The molecule has 0 saturated heterocycles. The molecular formula is C9H7ClN2S. The fourth-order valence-electron chi connectivity index (χ4n) is 1.10. The predicted octanol–water partition coefficient (Wildman–Crippen LogP) is 3.02. The van der Waals surface area contributed by atoms with E-state index in [4.69, 9.17) is 11.6 Å². The lowest BCUT2D eigenvalue weighted by Gasteiger charge is -1.98. The van der Waals surface area contributed by atoms with Gasteiger partial charge in [-0.2, -0.15) is 0 Å². The second-order valence-electron chi connectivity index (χ2n) is 2.60. The number of rotatable bonds is 1. The summed E-state index contributed by atoms with van der Waals surface area (Å²) in [6.45, 7) is 0. The molecule has 1 aromatic heterocycles. The molecule has 2 rings (SSSR count). The first-order valence-electron chi connectivity index (χ1n) is 3.76. The van der Waals surface area contributed by atoms with Crippen LogP contribution in [-0.2, 0) is 0 Å². The summed E-state index contributed by atoms with van der Waals surface area (Å²) < 4.78 is 0. The first kappa shape index (κ1) is 8.66. The summed E-state index contributed by atoms with van der Waals surface area (Å²) in [4.78, 5) is 7.13. The van der Waals surface area contributed by atoms with Gasteiger partial charge in [0, 0.05) is 5.56 Å². The Hall–Kier alpha value is -0.930. The van der Waals surface area contributed by atoms with Crippen molar-refractivity contribution >= 4 is 24.2 Å². The Morgan fingerprint density at radius 1 is 1.31 bits per heavy atom. The predicted molar refractivity (Wildman–Crippen MR) is 56.3 cm³/mol. The van der Waals surface area contributed by atoms with Gasteiger partial charge in [0.2, 0.25) is 0 Å². The number of nitrogens with zero attached hydrogens (tertiary/aromatic N) is 1. The fraction of sp³-hybridized carbons (Fsp3) is 0. The molecule has 0 amide bonds. The molecule has 0 atom stereocenters. The molecule has 0 aliphatic rings. The molecule has 0 fully saturated rings. The lowest BCUT2D eigenvalue weighted by atomic mass is 10.2. The molecule has 0 aliphatic carbocycles. The standard InChI is InChI=1S/C9H7ClN2S/c10-7-4-2-1-3-6(7)9-11-5-8(13)12-9/h1-5,13H,(H,11,12). The minimum atomic E-state index is 0.685. The average molecular weight is 211 g/mol. The van der Waals surface area contributed by atoms with Crippen LogP contribution in [0, 0.1) is 0 Å². The zero-order valence-corrected chi connectivity index (χ0v) is 8.31. The van der Waals surface area contributed by atoms with E-state index in [0.29, 0.717) is 5.02 Å². The highest BCUT2D eigenvalue weighted by Gasteiger charge is 2.04. The average Bonchev–Trinajstić information content (AvgIpc) is 2.53. The first-order valence-corrected chi connectivity index (χ1v) is 4.59. The van der Waals surface area contributed by atoms with Crippen LogP contribution >= 0.6 is 24.2 Å². The Bertz CT molecular complexity index is 425. The minimum absolute atomic E-state index is 0.685. The normalized spacial score (nSPS) is 10.3. The maximum Gasteiger partial charge on any atom is 0.139 e. The molecule has 4 heteroatoms. The van der Waals surface area contributed by atoms with Gasteiger partial charge in [-0.15, -0.1) is 12.6 Å². The molecule has 0 radical (unpaired) electrons. The molecular weight excluding hydrogens is 204 g/mol. The summed E-state index contributed by atoms with van der Waals surface area (Å²) in [5, 5.41) is 1.42. The molecule has 1 aromatic carbocycles. The van der Waals surface area contributed by atoms with Gasteiger partial charge < -0.3 is 4.98 Å². The smallest absolute Gasteiger partial charge is 0.139 e. The summed E-state index contributed by atoms with van der Waals surface area (Å²) in [5.74, 6) is 0.746. The van der Waals surface area contributed by atoms with Crippen LogP contribution in [0.1, 0.15) is 0 Å². The summed E-state index contributed by atoms with van der Waals surface area (Å²) in [7, 11) is 0. The van der Waals surface area contributed by atoms with Crippen LogP contribution in [0.25, 0.3) is 11.4 Å². The van der Waals surface area contributed by atoms with E-state index in [0.717, 1.165) is 16.4 Å². The van der Waals surface area contributed by atoms with Gasteiger partial charge in [0.05, 0.1) is 16.2 Å². The van der Waals surface area contributed by atoms with E-state index in [1.165, 1.54) is 0 Å². The summed E-state index contributed by atoms with van der Waals surface area (Å²) >= 11 is 10.1. The van der Waals surface area contributed by atoms with Crippen LogP contribution in [0.4, 0.5) is 0 Å². The number of hydrogen-bond donors (Lipinski definition) is 2. The van der Waals surface area contributed by atoms with Crippen LogP contribution < -0.4 is 0 Å². The molecule has 1 heterocycles. The second kappa shape index (κ2) is 3.44. The van der Waals surface area contributed by atoms with Gasteiger partial charge in [0.1, 0.15) is 5.82 Å². The first-order chi connectivity index (χ1) is 6.27. The van der Waals surface area contributed by atoms with Crippen molar-refractivity contribution in [3.8, 4) is 11.4 Å². The molecule has 0 unspecified atom stereocenters. The number of aromatic amines is 1. The zero-order chi connectivity index (χ0) is 9.26. The maximum absolute atomic E-state index is 5.98. The summed E-state index contributed by atoms with van der Waals surface area (Å²) in [6.07, 6.45) is 1.65. The molecule has 66 valence electrons. The number of imidazole rings is 1. The minimum Gasteiger partial charge on any atom is -0.333 e. The van der Waals surface area contributed by atoms with E-state index >= 15 is 0 Å². The second-order valence-corrected chi connectivity index (χ2v) is 3.49. The number of benzene rings is 1. The van der Waals surface area contributed by atoms with Gasteiger partial charge in [-0.3, -0.25) is 0 Å². The number of hydrogen-bond acceptors (Lipinski definition) is 2. The van der Waals surface area contributed by atoms with Crippen LogP contribution in [0.15, 0.2) is 35.5 Å². The van der Waals surface area contributed by atoms with Gasteiger partial charge in [0.25, 0.3) is 0 Å². The Balaban J connectivity index is 2.52. The largest absolute Gasteiger partial charge is 0.333 e. The number of nitrogens with one attached hydrogen (secondary N) is 1. The van der Waals surface area contributed by atoms with Crippen molar-refractivity contribution in [1.29, 1.82) is 0 Å². The van der Waals surface area contributed by atoms with Gasteiger partial charge >= 0.3 is 0 Å². The molecule has 2 aromatic rings. The monoisotopic (exact) mass is 210 g/mol. The van der Waals surface area contributed by atoms with E-state index in [-0.39, 0.29) is 0 Å². The van der Waals surface area contributed by atoms with E-state index < -0.39 is 0 Å². The fourth-order valence-corrected chi connectivity index (χ4v) is 1.49. The van der Waals surface area contributed by atoms with Crippen LogP contribution in [0.5, 0.6) is 0 Å². The van der Waals surface area contributed by atoms with Gasteiger partial charge in [-0.1, -0.05) is 23.7 Å². The van der Waals surface area contributed by atoms with E-state index in [1.807, 2.05) is 24.3 Å². The Kier molecular flexibility index (Phi) is 2.29.